The van der Waals surface area contributed by atoms with Gasteiger partial charge in [-0.15, -0.1) is 0 Å². The minimum atomic E-state index is -0.373. The Balaban J connectivity index is 1.12. The Labute approximate surface area is 219 Å². The second kappa shape index (κ2) is 9.62. The summed E-state index contributed by atoms with van der Waals surface area (Å²) in [6.07, 6.45) is 3.69. The van der Waals surface area contributed by atoms with Gasteiger partial charge in [-0.05, 0) is 60.2 Å². The fourth-order valence-electron chi connectivity index (χ4n) is 5.14. The number of nitrogens with zero attached hydrogens (tertiary/aromatic N) is 3. The van der Waals surface area contributed by atoms with Crippen molar-refractivity contribution in [1.82, 2.24) is 26.1 Å². The minimum Gasteiger partial charge on any atom is -0.493 e. The molecule has 10 nitrogen and oxygen atoms in total. The van der Waals surface area contributed by atoms with Crippen LogP contribution in [0.2, 0.25) is 0 Å². The number of fused-ring (bicyclic) bond motifs is 2. The number of hydrogen-bond donors (Lipinski definition) is 3. The van der Waals surface area contributed by atoms with Crippen LogP contribution in [0.5, 0.6) is 5.75 Å². The van der Waals surface area contributed by atoms with E-state index in [1.807, 2.05) is 37.3 Å². The number of nitrogens with one attached hydrogen (secondary N) is 3. The van der Waals surface area contributed by atoms with Gasteiger partial charge in [0.15, 0.2) is 5.84 Å². The molecular weight excluding hydrogens is 484 g/mol. The van der Waals surface area contributed by atoms with Crippen LogP contribution in [-0.4, -0.2) is 34.2 Å². The molecule has 1 atom stereocenters. The third-order valence-electron chi connectivity index (χ3n) is 7.09. The van der Waals surface area contributed by atoms with Crippen molar-refractivity contribution in [3.8, 4) is 5.75 Å². The van der Waals surface area contributed by atoms with E-state index in [9.17, 15) is 9.59 Å². The quantitative estimate of drug-likeness (QED) is 0.465. The standard InChI is InChI=1S/C28H26N6O4/c1-15-19-6-7-22(21(19)5-4-20(15)26-32-16(2)38-34-26)33-28(36)24-12-23(30-14-31-24)27(35)29-13-17-3-8-25-18(11-17)9-10-37-25/h3-5,8,11-12,14,22H,2,6-7,9-10,13H2,1H3,(H,29,35)(H,32,34)(H,33,36)/t22-/m0/s1. The molecule has 1 aromatic heterocycles. The van der Waals surface area contributed by atoms with Crippen LogP contribution >= 0.6 is 0 Å². The summed E-state index contributed by atoms with van der Waals surface area (Å²) in [5, 5.41) is 5.93. The Hall–Kier alpha value is -4.73. The molecule has 3 aromatic rings. The third kappa shape index (κ3) is 4.45. The number of ether oxygens (including phenoxy) is 1. The van der Waals surface area contributed by atoms with Gasteiger partial charge in [-0.2, -0.15) is 4.99 Å². The smallest absolute Gasteiger partial charge is 0.270 e. The lowest BCUT2D eigenvalue weighted by Crippen LogP contribution is -2.29. The van der Waals surface area contributed by atoms with Crippen LogP contribution < -0.4 is 20.9 Å². The van der Waals surface area contributed by atoms with Gasteiger partial charge in [-0.1, -0.05) is 24.3 Å². The average Bonchev–Trinajstić information content (AvgIpc) is 3.67. The normalized spacial score (nSPS) is 17.0. The van der Waals surface area contributed by atoms with Crippen molar-refractivity contribution >= 4 is 17.6 Å². The van der Waals surface area contributed by atoms with E-state index in [0.717, 1.165) is 52.8 Å². The lowest BCUT2D eigenvalue weighted by Gasteiger charge is -2.16. The number of aromatic nitrogens is 2. The highest BCUT2D eigenvalue weighted by atomic mass is 16.7. The number of carbonyl (C=O) groups excluding carboxylic acids is 2. The number of aliphatic imine (C=N–C) groups is 1. The first kappa shape index (κ1) is 23.7. The van der Waals surface area contributed by atoms with E-state index >= 15 is 0 Å². The maximum atomic E-state index is 13.1. The van der Waals surface area contributed by atoms with E-state index in [4.69, 9.17) is 9.57 Å². The molecule has 3 heterocycles. The number of hydrogen-bond acceptors (Lipinski definition) is 8. The Morgan fingerprint density at radius 2 is 1.95 bits per heavy atom. The second-order valence-electron chi connectivity index (χ2n) is 9.44. The molecular formula is C28H26N6O4. The van der Waals surface area contributed by atoms with E-state index in [-0.39, 0.29) is 29.2 Å². The molecule has 0 spiro atoms. The van der Waals surface area contributed by atoms with Crippen LogP contribution in [0.15, 0.2) is 60.2 Å². The SMILES string of the molecule is C=C1N=C(c2ccc3c(c2C)CC[C@@H]3NC(=O)c2cc(C(=O)NCc3ccc4c(c3)CCO4)ncn2)NO1. The Kier molecular flexibility index (Phi) is 5.99. The zero-order valence-corrected chi connectivity index (χ0v) is 20.8. The van der Waals surface area contributed by atoms with E-state index in [1.165, 1.54) is 18.0 Å². The summed E-state index contributed by atoms with van der Waals surface area (Å²) < 4.78 is 5.53. The van der Waals surface area contributed by atoms with Gasteiger partial charge in [-0.3, -0.25) is 9.59 Å². The molecule has 3 aliphatic rings. The fourth-order valence-corrected chi connectivity index (χ4v) is 5.14. The predicted octanol–water partition coefficient (Wildman–Crippen LogP) is 2.82. The summed E-state index contributed by atoms with van der Waals surface area (Å²) in [7, 11) is 0. The predicted molar refractivity (Wildman–Crippen MR) is 138 cm³/mol. The Morgan fingerprint density at radius 3 is 2.76 bits per heavy atom. The van der Waals surface area contributed by atoms with Gasteiger partial charge in [0.05, 0.1) is 12.6 Å². The van der Waals surface area contributed by atoms with Gasteiger partial charge in [-0.25, -0.2) is 15.4 Å². The molecule has 0 saturated carbocycles. The van der Waals surface area contributed by atoms with E-state index in [0.29, 0.717) is 24.9 Å². The van der Waals surface area contributed by atoms with Crippen molar-refractivity contribution in [1.29, 1.82) is 0 Å². The van der Waals surface area contributed by atoms with Crippen molar-refractivity contribution in [2.75, 3.05) is 6.61 Å². The lowest BCUT2D eigenvalue weighted by molar-refractivity contribution is 0.0931. The minimum absolute atomic E-state index is 0.135. The number of rotatable bonds is 6. The molecule has 6 rings (SSSR count). The molecule has 38 heavy (non-hydrogen) atoms. The highest BCUT2D eigenvalue weighted by Gasteiger charge is 2.28. The maximum Gasteiger partial charge on any atom is 0.270 e. The number of hydroxylamine groups is 1. The monoisotopic (exact) mass is 510 g/mol. The molecule has 0 radical (unpaired) electrons. The van der Waals surface area contributed by atoms with Crippen molar-refractivity contribution in [3.05, 3.63) is 100.0 Å². The molecule has 0 saturated heterocycles. The van der Waals surface area contributed by atoms with E-state index in [1.54, 1.807) is 0 Å². The highest BCUT2D eigenvalue weighted by molar-refractivity contribution is 6.01. The fraction of sp³-hybridized carbons (Fsp3) is 0.250. The molecule has 0 bridgehead atoms. The van der Waals surface area contributed by atoms with Crippen molar-refractivity contribution in [2.24, 2.45) is 4.99 Å². The molecule has 192 valence electrons. The van der Waals surface area contributed by atoms with E-state index in [2.05, 4.69) is 37.7 Å². The van der Waals surface area contributed by atoms with Crippen LogP contribution in [0.4, 0.5) is 0 Å². The first-order chi connectivity index (χ1) is 18.5. The topological polar surface area (TPSA) is 127 Å². The molecule has 1 aliphatic carbocycles. The lowest BCUT2D eigenvalue weighted by atomic mass is 9.97. The summed E-state index contributed by atoms with van der Waals surface area (Å²) in [6, 6.07) is 11.1. The summed E-state index contributed by atoms with van der Waals surface area (Å²) >= 11 is 0. The number of amidine groups is 1. The summed E-state index contributed by atoms with van der Waals surface area (Å²) in [5.74, 6) is 1.11. The van der Waals surface area contributed by atoms with Gasteiger partial charge < -0.3 is 20.2 Å². The maximum absolute atomic E-state index is 13.1. The number of carbonyl (C=O) groups is 2. The van der Waals surface area contributed by atoms with Crippen molar-refractivity contribution in [3.63, 3.8) is 0 Å². The number of amides is 2. The van der Waals surface area contributed by atoms with Gasteiger partial charge in [0, 0.05) is 24.6 Å². The summed E-state index contributed by atoms with van der Waals surface area (Å²) in [6.45, 7) is 6.77. The molecule has 2 amide bonds. The zero-order valence-electron chi connectivity index (χ0n) is 20.8. The molecule has 0 unspecified atom stereocenters. The van der Waals surface area contributed by atoms with Crippen LogP contribution in [0, 0.1) is 6.92 Å². The molecule has 2 aliphatic heterocycles. The van der Waals surface area contributed by atoms with Crippen molar-refractivity contribution in [2.45, 2.75) is 38.8 Å². The zero-order chi connectivity index (χ0) is 26.2. The van der Waals surface area contributed by atoms with E-state index < -0.39 is 0 Å². The molecule has 3 N–H and O–H groups in total. The van der Waals surface area contributed by atoms with Gasteiger partial charge in [0.1, 0.15) is 23.5 Å². The van der Waals surface area contributed by atoms with Crippen molar-refractivity contribution < 1.29 is 19.2 Å². The highest BCUT2D eigenvalue weighted by Crippen LogP contribution is 2.35. The largest absolute Gasteiger partial charge is 0.493 e. The second-order valence-corrected chi connectivity index (χ2v) is 9.44. The molecule has 10 heteroatoms. The first-order valence-electron chi connectivity index (χ1n) is 12.4. The van der Waals surface area contributed by atoms with Gasteiger partial charge >= 0.3 is 0 Å². The summed E-state index contributed by atoms with van der Waals surface area (Å²) in [5.41, 5.74) is 9.44. The Bertz CT molecular complexity index is 1520. The van der Waals surface area contributed by atoms with Gasteiger partial charge in [0.25, 0.3) is 11.8 Å². The molecule has 2 aromatic carbocycles. The molecule has 0 fully saturated rings. The van der Waals surface area contributed by atoms with Crippen LogP contribution in [-0.2, 0) is 24.2 Å². The average molecular weight is 511 g/mol. The Morgan fingerprint density at radius 1 is 1.11 bits per heavy atom. The summed E-state index contributed by atoms with van der Waals surface area (Å²) in [4.78, 5) is 43.4. The van der Waals surface area contributed by atoms with Gasteiger partial charge in [0.2, 0.25) is 5.88 Å². The van der Waals surface area contributed by atoms with Crippen LogP contribution in [0.25, 0.3) is 0 Å². The third-order valence-corrected chi connectivity index (χ3v) is 7.09. The number of benzene rings is 2. The van der Waals surface area contributed by atoms with Crippen LogP contribution in [0.1, 0.15) is 66.8 Å². The first-order valence-corrected chi connectivity index (χ1v) is 12.4. The van der Waals surface area contributed by atoms with Crippen LogP contribution in [0.3, 0.4) is 0 Å².